The third-order valence-electron chi connectivity index (χ3n) is 4.28. The second kappa shape index (κ2) is 6.93. The zero-order valence-electron chi connectivity index (χ0n) is 14.4. The molecule has 26 heavy (non-hydrogen) atoms. The van der Waals surface area contributed by atoms with Gasteiger partial charge < -0.3 is 10.2 Å². The molecule has 1 fully saturated rings. The van der Waals surface area contributed by atoms with Gasteiger partial charge in [0, 0.05) is 32.4 Å². The number of carbonyl (C=O) groups excluding carboxylic acids is 1. The molecule has 7 nitrogen and oxygen atoms in total. The van der Waals surface area contributed by atoms with Crippen LogP contribution < -0.4 is 10.2 Å². The highest BCUT2D eigenvalue weighted by atomic mass is 19.4. The predicted molar refractivity (Wildman–Crippen MR) is 87.7 cm³/mol. The number of carbonyl (C=O) groups is 1. The van der Waals surface area contributed by atoms with Crippen LogP contribution in [-0.2, 0) is 13.2 Å². The Bertz CT molecular complexity index is 796. The Kier molecular flexibility index (Phi) is 4.84. The van der Waals surface area contributed by atoms with E-state index >= 15 is 0 Å². The Morgan fingerprint density at radius 1 is 1.31 bits per heavy atom. The van der Waals surface area contributed by atoms with Crippen LogP contribution in [0.1, 0.15) is 34.7 Å². The van der Waals surface area contributed by atoms with E-state index in [1.165, 1.54) is 4.68 Å². The molecule has 1 aliphatic rings. The van der Waals surface area contributed by atoms with Gasteiger partial charge >= 0.3 is 6.18 Å². The van der Waals surface area contributed by atoms with Gasteiger partial charge in [-0.1, -0.05) is 0 Å². The summed E-state index contributed by atoms with van der Waals surface area (Å²) in [5, 5.41) is 7.09. The third-order valence-corrected chi connectivity index (χ3v) is 4.28. The number of halogens is 3. The van der Waals surface area contributed by atoms with Crippen LogP contribution in [0.2, 0.25) is 0 Å². The average molecular weight is 368 g/mol. The van der Waals surface area contributed by atoms with Crippen molar-refractivity contribution in [2.75, 3.05) is 18.0 Å². The van der Waals surface area contributed by atoms with E-state index in [4.69, 9.17) is 0 Å². The van der Waals surface area contributed by atoms with Gasteiger partial charge in [0.15, 0.2) is 0 Å². The fourth-order valence-corrected chi connectivity index (χ4v) is 2.96. The van der Waals surface area contributed by atoms with Gasteiger partial charge in [-0.3, -0.25) is 9.48 Å². The minimum absolute atomic E-state index is 0.0558. The highest BCUT2D eigenvalue weighted by Gasteiger charge is 2.33. The van der Waals surface area contributed by atoms with Crippen LogP contribution in [0.4, 0.5) is 19.1 Å². The molecule has 1 aliphatic heterocycles. The summed E-state index contributed by atoms with van der Waals surface area (Å²) < 4.78 is 39.8. The summed E-state index contributed by atoms with van der Waals surface area (Å²) in [4.78, 5) is 21.6. The first-order valence-corrected chi connectivity index (χ1v) is 8.21. The second-order valence-corrected chi connectivity index (χ2v) is 6.27. The molecule has 0 spiro atoms. The first kappa shape index (κ1) is 18.2. The van der Waals surface area contributed by atoms with E-state index in [1.807, 2.05) is 6.92 Å². The lowest BCUT2D eigenvalue weighted by molar-refractivity contribution is -0.141. The maximum atomic E-state index is 12.8. The quantitative estimate of drug-likeness (QED) is 0.896. The fraction of sp³-hybridized carbons (Fsp3) is 0.500. The van der Waals surface area contributed by atoms with Gasteiger partial charge in [-0.05, 0) is 31.9 Å². The van der Waals surface area contributed by atoms with Crippen LogP contribution in [-0.4, -0.2) is 44.8 Å². The normalized spacial score (nSPS) is 16.0. The van der Waals surface area contributed by atoms with Crippen LogP contribution >= 0.6 is 0 Å². The van der Waals surface area contributed by atoms with Crippen molar-refractivity contribution in [3.05, 3.63) is 35.4 Å². The smallest absolute Gasteiger partial charge is 0.348 e. The van der Waals surface area contributed by atoms with E-state index in [1.54, 1.807) is 18.0 Å². The monoisotopic (exact) mass is 368 g/mol. The van der Waals surface area contributed by atoms with Crippen LogP contribution in [0.3, 0.4) is 0 Å². The molecule has 1 saturated heterocycles. The average Bonchev–Trinajstić information content (AvgIpc) is 2.93. The summed E-state index contributed by atoms with van der Waals surface area (Å²) in [5.74, 6) is -0.145. The van der Waals surface area contributed by atoms with Crippen molar-refractivity contribution in [3.63, 3.8) is 0 Å². The molecule has 10 heteroatoms. The van der Waals surface area contributed by atoms with Crippen molar-refractivity contribution in [1.29, 1.82) is 0 Å². The molecule has 0 aromatic carbocycles. The number of nitrogens with one attached hydrogen (secondary N) is 1. The van der Waals surface area contributed by atoms with E-state index in [2.05, 4.69) is 20.4 Å². The van der Waals surface area contributed by atoms with Gasteiger partial charge in [-0.2, -0.15) is 18.3 Å². The molecule has 2 aromatic rings. The number of amides is 1. The number of hydrogen-bond donors (Lipinski definition) is 1. The number of nitrogens with zero attached hydrogens (tertiary/aromatic N) is 5. The van der Waals surface area contributed by atoms with E-state index in [9.17, 15) is 18.0 Å². The first-order chi connectivity index (χ1) is 12.2. The Morgan fingerprint density at radius 2 is 2.00 bits per heavy atom. The summed E-state index contributed by atoms with van der Waals surface area (Å²) in [6.45, 7) is 2.75. The number of rotatable bonds is 3. The van der Waals surface area contributed by atoms with Crippen molar-refractivity contribution in [2.24, 2.45) is 7.05 Å². The Hall–Kier alpha value is -2.65. The summed E-state index contributed by atoms with van der Waals surface area (Å²) in [5.41, 5.74) is 0.282. The van der Waals surface area contributed by atoms with Gasteiger partial charge in [-0.15, -0.1) is 0 Å². The van der Waals surface area contributed by atoms with Crippen LogP contribution in [0, 0.1) is 6.92 Å². The molecule has 3 heterocycles. The summed E-state index contributed by atoms with van der Waals surface area (Å²) in [6, 6.07) is 2.51. The number of anilines is 1. The predicted octanol–water partition coefficient (Wildman–Crippen LogP) is 1.94. The molecule has 0 bridgehead atoms. The first-order valence-electron chi connectivity index (χ1n) is 8.21. The molecule has 0 saturated carbocycles. The Labute approximate surface area is 148 Å². The van der Waals surface area contributed by atoms with E-state index in [0.29, 0.717) is 31.6 Å². The zero-order valence-corrected chi connectivity index (χ0v) is 14.4. The summed E-state index contributed by atoms with van der Waals surface area (Å²) >= 11 is 0. The van der Waals surface area contributed by atoms with E-state index < -0.39 is 11.9 Å². The van der Waals surface area contributed by atoms with Gasteiger partial charge in [-0.25, -0.2) is 9.97 Å². The number of alkyl halides is 3. The minimum Gasteiger partial charge on any atom is -0.348 e. The van der Waals surface area contributed by atoms with E-state index in [0.717, 1.165) is 18.0 Å². The topological polar surface area (TPSA) is 75.9 Å². The summed E-state index contributed by atoms with van der Waals surface area (Å²) in [7, 11) is 1.70. The van der Waals surface area contributed by atoms with Gasteiger partial charge in [0.2, 0.25) is 5.95 Å². The molecule has 0 atom stereocenters. The van der Waals surface area contributed by atoms with Crippen molar-refractivity contribution in [3.8, 4) is 0 Å². The molecule has 1 amide bonds. The van der Waals surface area contributed by atoms with Crippen molar-refractivity contribution >= 4 is 11.9 Å². The van der Waals surface area contributed by atoms with Crippen molar-refractivity contribution in [2.45, 2.75) is 32.0 Å². The van der Waals surface area contributed by atoms with E-state index in [-0.39, 0.29) is 17.9 Å². The maximum absolute atomic E-state index is 12.8. The highest BCUT2D eigenvalue weighted by Crippen LogP contribution is 2.28. The number of hydrogen-bond acceptors (Lipinski definition) is 5. The standard InChI is InChI=1S/C16H19F3N6O/c1-10-9-12(24(2)23-10)14(26)21-11-4-7-25(8-5-11)15-20-6-3-13(22-15)16(17,18)19/h3,6,9,11H,4-5,7-8H2,1-2H3,(H,21,26). The number of aromatic nitrogens is 4. The van der Waals surface area contributed by atoms with Crippen LogP contribution in [0.25, 0.3) is 0 Å². The Balaban J connectivity index is 1.59. The lowest BCUT2D eigenvalue weighted by atomic mass is 10.1. The molecular weight excluding hydrogens is 349 g/mol. The van der Waals surface area contributed by atoms with Crippen molar-refractivity contribution < 1.29 is 18.0 Å². The molecule has 0 unspecified atom stereocenters. The molecular formula is C16H19F3N6O. The van der Waals surface area contributed by atoms with Gasteiger partial charge in [0.05, 0.1) is 5.69 Å². The largest absolute Gasteiger partial charge is 0.433 e. The molecule has 0 radical (unpaired) electrons. The zero-order chi connectivity index (χ0) is 18.9. The molecule has 140 valence electrons. The van der Waals surface area contributed by atoms with Crippen molar-refractivity contribution in [1.82, 2.24) is 25.1 Å². The highest BCUT2D eigenvalue weighted by molar-refractivity contribution is 5.92. The second-order valence-electron chi connectivity index (χ2n) is 6.27. The van der Waals surface area contributed by atoms with Gasteiger partial charge in [0.1, 0.15) is 11.4 Å². The fourth-order valence-electron chi connectivity index (χ4n) is 2.96. The molecule has 3 rings (SSSR count). The Morgan fingerprint density at radius 3 is 2.58 bits per heavy atom. The molecule has 2 aromatic heterocycles. The minimum atomic E-state index is -4.49. The third kappa shape index (κ3) is 3.94. The maximum Gasteiger partial charge on any atom is 0.433 e. The molecule has 1 N–H and O–H groups in total. The SMILES string of the molecule is Cc1cc(C(=O)NC2CCN(c3nccc(C(F)(F)F)n3)CC2)n(C)n1. The number of aryl methyl sites for hydroxylation is 2. The number of piperidine rings is 1. The lowest BCUT2D eigenvalue weighted by Gasteiger charge is -2.32. The molecule has 0 aliphatic carbocycles. The van der Waals surface area contributed by atoms with Crippen LogP contribution in [0.5, 0.6) is 0 Å². The van der Waals surface area contributed by atoms with Crippen LogP contribution in [0.15, 0.2) is 18.3 Å². The lowest BCUT2D eigenvalue weighted by Crippen LogP contribution is -2.45. The van der Waals surface area contributed by atoms with Gasteiger partial charge in [0.25, 0.3) is 5.91 Å². The summed E-state index contributed by atoms with van der Waals surface area (Å²) in [6.07, 6.45) is -2.18.